The number of carbonyl (C=O) groups is 2. The Hall–Kier alpha value is -3.59. The standard InChI is InChI=1S/C28H25Cl2N5O5S/c29-19-4-2-18(3-5-19)28(10-11-28)25(36)34-16-21(15-24(34)40-26(37)33-27(17-31)8-9-27)41(38,39)23-7-6-20(14-22(23)30)35-13-1-12-32-35/h1-7,12-14,21,24H,8-11,15-16H2,(H,33,37)/t21-,24+/m1/s1. The Labute approximate surface area is 246 Å². The van der Waals surface area contributed by atoms with E-state index in [1.807, 2.05) is 0 Å². The predicted octanol–water partition coefficient (Wildman–Crippen LogP) is 4.39. The van der Waals surface area contributed by atoms with Crippen molar-refractivity contribution in [2.75, 3.05) is 6.54 Å². The van der Waals surface area contributed by atoms with Crippen LogP contribution < -0.4 is 5.32 Å². The monoisotopic (exact) mass is 613 g/mol. The van der Waals surface area contributed by atoms with Crippen molar-refractivity contribution in [3.63, 3.8) is 0 Å². The number of carbonyl (C=O) groups excluding carboxylic acids is 2. The molecule has 1 aliphatic heterocycles. The number of nitrogens with zero attached hydrogens (tertiary/aromatic N) is 4. The van der Waals surface area contributed by atoms with E-state index in [0.717, 1.165) is 5.56 Å². The summed E-state index contributed by atoms with van der Waals surface area (Å²) in [5, 5.41) is 15.5. The highest BCUT2D eigenvalue weighted by molar-refractivity contribution is 7.92. The number of aromatic nitrogens is 2. The van der Waals surface area contributed by atoms with Gasteiger partial charge in [0.15, 0.2) is 16.1 Å². The lowest BCUT2D eigenvalue weighted by Gasteiger charge is -2.29. The molecule has 10 nitrogen and oxygen atoms in total. The molecule has 1 saturated heterocycles. The Morgan fingerprint density at radius 2 is 1.83 bits per heavy atom. The number of likely N-dealkylation sites (tertiary alicyclic amines) is 1. The van der Waals surface area contributed by atoms with E-state index >= 15 is 0 Å². The van der Waals surface area contributed by atoms with Crippen LogP contribution in [0.25, 0.3) is 5.69 Å². The molecule has 2 heterocycles. The molecule has 0 radical (unpaired) electrons. The van der Waals surface area contributed by atoms with Crippen LogP contribution in [0.4, 0.5) is 4.79 Å². The van der Waals surface area contributed by atoms with E-state index in [2.05, 4.69) is 16.5 Å². The van der Waals surface area contributed by atoms with Gasteiger partial charge in [0.25, 0.3) is 0 Å². The lowest BCUT2D eigenvalue weighted by molar-refractivity contribution is -0.140. The van der Waals surface area contributed by atoms with Crippen molar-refractivity contribution in [3.8, 4) is 11.8 Å². The van der Waals surface area contributed by atoms with Gasteiger partial charge in [0.2, 0.25) is 5.91 Å². The summed E-state index contributed by atoms with van der Waals surface area (Å²) < 4.78 is 34.9. The van der Waals surface area contributed by atoms with Crippen molar-refractivity contribution in [2.45, 2.75) is 59.4 Å². The molecular formula is C28H25Cl2N5O5S. The third-order valence-electron chi connectivity index (χ3n) is 8.01. The number of sulfone groups is 1. The molecule has 2 amide bonds. The van der Waals surface area contributed by atoms with Gasteiger partial charge in [0.1, 0.15) is 5.54 Å². The molecule has 0 spiro atoms. The van der Waals surface area contributed by atoms with Gasteiger partial charge in [0.05, 0.1) is 32.3 Å². The summed E-state index contributed by atoms with van der Waals surface area (Å²) in [6.07, 6.45) is 3.26. The topological polar surface area (TPSA) is 134 Å². The van der Waals surface area contributed by atoms with Crippen LogP contribution in [0.2, 0.25) is 10.0 Å². The van der Waals surface area contributed by atoms with Crippen molar-refractivity contribution < 1.29 is 22.7 Å². The number of hydrogen-bond acceptors (Lipinski definition) is 7. The van der Waals surface area contributed by atoms with Crippen LogP contribution in [-0.2, 0) is 24.8 Å². The fraction of sp³-hybridized carbons (Fsp3) is 0.357. The van der Waals surface area contributed by atoms with E-state index in [-0.39, 0.29) is 28.8 Å². The summed E-state index contributed by atoms with van der Waals surface area (Å²) >= 11 is 12.5. The fourth-order valence-corrected chi connectivity index (χ4v) is 7.66. The van der Waals surface area contributed by atoms with Gasteiger partial charge >= 0.3 is 6.09 Å². The van der Waals surface area contributed by atoms with Gasteiger partial charge in [-0.15, -0.1) is 0 Å². The van der Waals surface area contributed by atoms with Crippen molar-refractivity contribution >= 4 is 45.0 Å². The molecule has 3 aliphatic rings. The molecule has 2 saturated carbocycles. The predicted molar refractivity (Wildman–Crippen MR) is 149 cm³/mol. The highest BCUT2D eigenvalue weighted by atomic mass is 35.5. The van der Waals surface area contributed by atoms with E-state index < -0.39 is 38.4 Å². The van der Waals surface area contributed by atoms with Crippen LogP contribution in [0.15, 0.2) is 65.8 Å². The van der Waals surface area contributed by atoms with E-state index in [0.29, 0.717) is 36.4 Å². The summed E-state index contributed by atoms with van der Waals surface area (Å²) in [7, 11) is -4.05. The summed E-state index contributed by atoms with van der Waals surface area (Å²) in [5.41, 5.74) is -0.486. The molecule has 41 heavy (non-hydrogen) atoms. The maximum absolute atomic E-state index is 14.0. The maximum atomic E-state index is 14.0. The number of benzene rings is 2. The second kappa shape index (κ2) is 10.0. The number of alkyl carbamates (subject to hydrolysis) is 1. The summed E-state index contributed by atoms with van der Waals surface area (Å²) in [6.45, 7) is -0.185. The number of ether oxygens (including phenoxy) is 1. The third kappa shape index (κ3) is 5.05. The zero-order valence-corrected chi connectivity index (χ0v) is 24.0. The van der Waals surface area contributed by atoms with Gasteiger partial charge in [-0.05, 0) is 67.6 Å². The minimum atomic E-state index is -4.05. The molecule has 212 valence electrons. The zero-order valence-electron chi connectivity index (χ0n) is 21.7. The number of hydrogen-bond donors (Lipinski definition) is 1. The van der Waals surface area contributed by atoms with Crippen LogP contribution in [0.1, 0.15) is 37.7 Å². The maximum Gasteiger partial charge on any atom is 0.410 e. The molecule has 0 bridgehead atoms. The van der Waals surface area contributed by atoms with E-state index in [1.165, 1.54) is 17.0 Å². The van der Waals surface area contributed by atoms with Crippen molar-refractivity contribution in [1.82, 2.24) is 20.0 Å². The van der Waals surface area contributed by atoms with Gasteiger partial charge in [-0.1, -0.05) is 35.3 Å². The average Bonchev–Trinajstić information content (AvgIpc) is 3.80. The molecule has 2 aromatic carbocycles. The quantitative estimate of drug-likeness (QED) is 0.417. The summed E-state index contributed by atoms with van der Waals surface area (Å²) in [5.74, 6) is -0.322. The summed E-state index contributed by atoms with van der Waals surface area (Å²) in [4.78, 5) is 28.0. The first-order valence-corrected chi connectivity index (χ1v) is 15.4. The van der Waals surface area contributed by atoms with Gasteiger partial charge < -0.3 is 15.0 Å². The number of halogens is 2. The van der Waals surface area contributed by atoms with Gasteiger partial charge in [-0.2, -0.15) is 10.4 Å². The van der Waals surface area contributed by atoms with Crippen molar-refractivity contribution in [2.24, 2.45) is 0 Å². The molecule has 1 aromatic heterocycles. The van der Waals surface area contributed by atoms with Crippen LogP contribution >= 0.6 is 23.2 Å². The highest BCUT2D eigenvalue weighted by Crippen LogP contribution is 2.51. The Kier molecular flexibility index (Phi) is 6.76. The number of nitriles is 1. The van der Waals surface area contributed by atoms with E-state index in [9.17, 15) is 23.3 Å². The minimum Gasteiger partial charge on any atom is -0.425 e. The van der Waals surface area contributed by atoms with Crippen LogP contribution in [-0.4, -0.2) is 58.7 Å². The summed E-state index contributed by atoms with van der Waals surface area (Å²) in [6, 6.07) is 15.3. The SMILES string of the molecule is N#CC1(NC(=O)O[C@H]2C[C@@H](S(=O)(=O)c3ccc(-n4cccn4)cc3Cl)CN2C(=O)C2(c3ccc(Cl)cc3)CC2)CC1. The lowest BCUT2D eigenvalue weighted by atomic mass is 9.94. The number of nitrogens with one attached hydrogen (secondary N) is 1. The van der Waals surface area contributed by atoms with Crippen LogP contribution in [0.3, 0.4) is 0 Å². The second-order valence-electron chi connectivity index (χ2n) is 10.7. The van der Waals surface area contributed by atoms with Crippen molar-refractivity contribution in [1.29, 1.82) is 5.26 Å². The molecule has 3 aromatic rings. The molecule has 2 atom stereocenters. The molecule has 6 rings (SSSR count). The Balaban J connectivity index is 1.29. The first kappa shape index (κ1) is 27.6. The minimum absolute atomic E-state index is 0.0162. The Bertz CT molecular complexity index is 1660. The van der Waals surface area contributed by atoms with Crippen LogP contribution in [0.5, 0.6) is 0 Å². The zero-order chi connectivity index (χ0) is 29.0. The molecule has 0 unspecified atom stereocenters. The van der Waals surface area contributed by atoms with Crippen LogP contribution in [0, 0.1) is 11.3 Å². The van der Waals surface area contributed by atoms with Gasteiger partial charge in [-0.25, -0.2) is 17.9 Å². The molecule has 3 fully saturated rings. The Morgan fingerprint density at radius 3 is 2.41 bits per heavy atom. The average molecular weight is 615 g/mol. The normalized spacial score (nSPS) is 22.0. The molecule has 2 aliphatic carbocycles. The van der Waals surface area contributed by atoms with E-state index in [4.69, 9.17) is 27.9 Å². The van der Waals surface area contributed by atoms with E-state index in [1.54, 1.807) is 53.5 Å². The van der Waals surface area contributed by atoms with Gasteiger partial charge in [-0.3, -0.25) is 4.79 Å². The first-order chi connectivity index (χ1) is 19.6. The number of rotatable bonds is 7. The molecule has 1 N–H and O–H groups in total. The number of amides is 2. The lowest BCUT2D eigenvalue weighted by Crippen LogP contribution is -2.46. The smallest absolute Gasteiger partial charge is 0.410 e. The fourth-order valence-electron chi connectivity index (χ4n) is 5.31. The van der Waals surface area contributed by atoms with Crippen molar-refractivity contribution in [3.05, 3.63) is 76.5 Å². The second-order valence-corrected chi connectivity index (χ2v) is 13.7. The molecular weight excluding hydrogens is 589 g/mol. The largest absolute Gasteiger partial charge is 0.425 e. The Morgan fingerprint density at radius 1 is 1.10 bits per heavy atom. The highest BCUT2D eigenvalue weighted by Gasteiger charge is 2.57. The first-order valence-electron chi connectivity index (χ1n) is 13.1. The molecule has 13 heteroatoms. The third-order valence-corrected chi connectivity index (χ3v) is 10.9. The van der Waals surface area contributed by atoms with Gasteiger partial charge in [0, 0.05) is 30.4 Å².